The summed E-state index contributed by atoms with van der Waals surface area (Å²) in [5.41, 5.74) is 16.1. The van der Waals surface area contributed by atoms with E-state index in [1.54, 1.807) is 0 Å². The Bertz CT molecular complexity index is 2370. The third kappa shape index (κ3) is 4.79. The average molecular weight is 657 g/mol. The maximum Gasteiger partial charge on any atom is 0.252 e. The first kappa shape index (κ1) is 31.2. The van der Waals surface area contributed by atoms with Gasteiger partial charge >= 0.3 is 0 Å². The van der Waals surface area contributed by atoms with Gasteiger partial charge in [0.1, 0.15) is 0 Å². The second-order valence-corrected chi connectivity index (χ2v) is 15.0. The fourth-order valence-electron chi connectivity index (χ4n) is 8.74. The Kier molecular flexibility index (Phi) is 7.29. The lowest BCUT2D eigenvalue weighted by atomic mass is 9.33. The highest BCUT2D eigenvalue weighted by Crippen LogP contribution is 2.50. The van der Waals surface area contributed by atoms with Crippen LogP contribution in [0.15, 0.2) is 176 Å². The summed E-state index contributed by atoms with van der Waals surface area (Å²) >= 11 is 0. The van der Waals surface area contributed by atoms with Gasteiger partial charge in [0.2, 0.25) is 0 Å². The number of rotatable bonds is 6. The summed E-state index contributed by atoms with van der Waals surface area (Å²) in [6, 6.07) is 64.8. The van der Waals surface area contributed by atoms with Crippen molar-refractivity contribution in [1.29, 1.82) is 0 Å². The van der Waals surface area contributed by atoms with Crippen molar-refractivity contribution in [2.45, 2.75) is 38.5 Å². The lowest BCUT2D eigenvalue weighted by Gasteiger charge is -2.47. The van der Waals surface area contributed by atoms with E-state index in [4.69, 9.17) is 0 Å². The summed E-state index contributed by atoms with van der Waals surface area (Å²) in [6.45, 7) is 9.55. The van der Waals surface area contributed by atoms with Gasteiger partial charge < -0.3 is 9.80 Å². The summed E-state index contributed by atoms with van der Waals surface area (Å²) in [5.74, 6) is 0. The van der Waals surface area contributed by atoms with E-state index < -0.39 is 0 Å². The van der Waals surface area contributed by atoms with Gasteiger partial charge in [-0.3, -0.25) is 0 Å². The molecule has 2 nitrogen and oxygen atoms in total. The molecule has 3 heteroatoms. The van der Waals surface area contributed by atoms with Gasteiger partial charge in [0.05, 0.1) is 0 Å². The third-order valence-electron chi connectivity index (χ3n) is 11.4. The standard InChI is InChI=1S/C48H41BN2/c1-47(2,34-20-9-5-10-21-34)38-28-19-30-41-45(38)51(37-26-15-8-16-27-37)43-33-32-39(48(3,4)35-22-11-6-12-23-35)46-44(43)49(41)40-29-17-18-31-42(40)50(46)36-24-13-7-14-25-36/h5-33H,1-4H3. The van der Waals surface area contributed by atoms with Crippen LogP contribution in [-0.2, 0) is 10.8 Å². The van der Waals surface area contributed by atoms with E-state index in [2.05, 4.69) is 213 Å². The molecule has 7 aromatic rings. The van der Waals surface area contributed by atoms with Crippen molar-refractivity contribution in [3.63, 3.8) is 0 Å². The molecule has 7 aromatic carbocycles. The minimum absolute atomic E-state index is 0.0409. The zero-order chi connectivity index (χ0) is 34.7. The predicted molar refractivity (Wildman–Crippen MR) is 218 cm³/mol. The molecule has 9 rings (SSSR count). The van der Waals surface area contributed by atoms with Gasteiger partial charge in [-0.1, -0.05) is 167 Å². The Hall–Kier alpha value is -5.80. The Morgan fingerprint density at radius 1 is 0.373 bits per heavy atom. The topological polar surface area (TPSA) is 6.48 Å². The highest BCUT2D eigenvalue weighted by atomic mass is 15.2. The van der Waals surface area contributed by atoms with E-state index >= 15 is 0 Å². The molecule has 0 amide bonds. The van der Waals surface area contributed by atoms with E-state index in [-0.39, 0.29) is 17.5 Å². The lowest BCUT2D eigenvalue weighted by molar-refractivity contribution is 0.641. The molecular formula is C48H41BN2. The second-order valence-electron chi connectivity index (χ2n) is 15.0. The Morgan fingerprint density at radius 3 is 1.39 bits per heavy atom. The fraction of sp³-hybridized carbons (Fsp3) is 0.125. The summed E-state index contributed by atoms with van der Waals surface area (Å²) in [4.78, 5) is 5.09. The van der Waals surface area contributed by atoms with Crippen molar-refractivity contribution in [1.82, 2.24) is 0 Å². The first-order valence-electron chi connectivity index (χ1n) is 18.1. The summed E-state index contributed by atoms with van der Waals surface area (Å²) in [7, 11) is 0. The predicted octanol–water partition coefficient (Wildman–Crippen LogP) is 10.4. The van der Waals surface area contributed by atoms with Crippen molar-refractivity contribution >= 4 is 57.2 Å². The van der Waals surface area contributed by atoms with Crippen LogP contribution in [0, 0.1) is 0 Å². The van der Waals surface area contributed by atoms with Gasteiger partial charge in [-0.25, -0.2) is 0 Å². The number of fused-ring (bicyclic) bond motifs is 4. The highest BCUT2D eigenvalue weighted by molar-refractivity contribution is 7.00. The lowest BCUT2D eigenvalue weighted by Crippen LogP contribution is -2.62. The summed E-state index contributed by atoms with van der Waals surface area (Å²) < 4.78 is 0. The molecule has 0 radical (unpaired) electrons. The van der Waals surface area contributed by atoms with Crippen LogP contribution in [-0.4, -0.2) is 6.71 Å². The molecule has 0 bridgehead atoms. The third-order valence-corrected chi connectivity index (χ3v) is 11.4. The summed E-state index contributed by atoms with van der Waals surface area (Å²) in [5, 5.41) is 0. The minimum atomic E-state index is -0.273. The van der Waals surface area contributed by atoms with Crippen molar-refractivity contribution < 1.29 is 0 Å². The van der Waals surface area contributed by atoms with Gasteiger partial charge in [0, 0.05) is 45.0 Å². The SMILES string of the molecule is CC(C)(c1ccccc1)c1cccc2c1N(c1ccccc1)c1ccc(C(C)(C)c3ccccc3)c3c1B2c1ccccc1N3c1ccccc1. The Labute approximate surface area is 302 Å². The van der Waals surface area contributed by atoms with Gasteiger partial charge in [-0.2, -0.15) is 0 Å². The molecule has 0 aromatic heterocycles. The largest absolute Gasteiger partial charge is 0.311 e. The van der Waals surface area contributed by atoms with Crippen LogP contribution in [0.3, 0.4) is 0 Å². The smallest absolute Gasteiger partial charge is 0.252 e. The first-order valence-corrected chi connectivity index (χ1v) is 18.1. The molecular weight excluding hydrogens is 615 g/mol. The van der Waals surface area contributed by atoms with Crippen LogP contribution < -0.4 is 26.2 Å². The molecule has 0 saturated carbocycles. The summed E-state index contributed by atoms with van der Waals surface area (Å²) in [6.07, 6.45) is 0. The van der Waals surface area contributed by atoms with E-state index in [0.717, 1.165) is 11.4 Å². The molecule has 0 saturated heterocycles. The molecule has 0 spiro atoms. The monoisotopic (exact) mass is 656 g/mol. The van der Waals surface area contributed by atoms with Crippen LogP contribution in [0.1, 0.15) is 49.9 Å². The number of anilines is 6. The van der Waals surface area contributed by atoms with Crippen LogP contribution in [0.5, 0.6) is 0 Å². The van der Waals surface area contributed by atoms with Crippen LogP contribution in [0.2, 0.25) is 0 Å². The molecule has 0 aliphatic carbocycles. The molecule has 2 heterocycles. The molecule has 51 heavy (non-hydrogen) atoms. The van der Waals surface area contributed by atoms with Crippen molar-refractivity contribution in [2.24, 2.45) is 0 Å². The molecule has 0 N–H and O–H groups in total. The Balaban J connectivity index is 1.42. The van der Waals surface area contributed by atoms with Gasteiger partial charge in [0.15, 0.2) is 0 Å². The number of hydrogen-bond acceptors (Lipinski definition) is 2. The van der Waals surface area contributed by atoms with Crippen LogP contribution >= 0.6 is 0 Å². The van der Waals surface area contributed by atoms with E-state index in [1.165, 1.54) is 61.4 Å². The van der Waals surface area contributed by atoms with Crippen LogP contribution in [0.25, 0.3) is 0 Å². The molecule has 0 unspecified atom stereocenters. The van der Waals surface area contributed by atoms with Gasteiger partial charge in [-0.15, -0.1) is 0 Å². The van der Waals surface area contributed by atoms with Crippen LogP contribution in [0.4, 0.5) is 34.1 Å². The minimum Gasteiger partial charge on any atom is -0.311 e. The molecule has 2 aliphatic heterocycles. The van der Waals surface area contributed by atoms with E-state index in [9.17, 15) is 0 Å². The molecule has 0 atom stereocenters. The fourth-order valence-corrected chi connectivity index (χ4v) is 8.74. The van der Waals surface area contributed by atoms with E-state index in [0.29, 0.717) is 0 Å². The number of hydrogen-bond donors (Lipinski definition) is 0. The zero-order valence-electron chi connectivity index (χ0n) is 29.7. The number of nitrogens with zero attached hydrogens (tertiary/aromatic N) is 2. The molecule has 0 fully saturated rings. The number of benzene rings is 7. The molecule has 2 aliphatic rings. The maximum absolute atomic E-state index is 2.56. The van der Waals surface area contributed by atoms with Crippen molar-refractivity contribution in [3.8, 4) is 0 Å². The number of para-hydroxylation sites is 4. The zero-order valence-corrected chi connectivity index (χ0v) is 29.7. The average Bonchev–Trinajstić information content (AvgIpc) is 3.18. The van der Waals surface area contributed by atoms with Crippen molar-refractivity contribution in [2.75, 3.05) is 9.80 Å². The highest BCUT2D eigenvalue weighted by Gasteiger charge is 2.47. The van der Waals surface area contributed by atoms with Gasteiger partial charge in [0.25, 0.3) is 6.71 Å². The first-order chi connectivity index (χ1) is 24.9. The van der Waals surface area contributed by atoms with Crippen molar-refractivity contribution in [3.05, 3.63) is 198 Å². The quantitative estimate of drug-likeness (QED) is 0.164. The van der Waals surface area contributed by atoms with Gasteiger partial charge in [-0.05, 0) is 75.0 Å². The normalized spacial score (nSPS) is 13.4. The second kappa shape index (κ2) is 11.9. The van der Waals surface area contributed by atoms with E-state index in [1.807, 2.05) is 0 Å². The Morgan fingerprint density at radius 2 is 0.824 bits per heavy atom. The maximum atomic E-state index is 2.56. The molecule has 246 valence electrons.